The van der Waals surface area contributed by atoms with Gasteiger partial charge in [0.25, 0.3) is 0 Å². The van der Waals surface area contributed by atoms with Crippen LogP contribution in [0.2, 0.25) is 0 Å². The third-order valence-electron chi connectivity index (χ3n) is 11.0. The quantitative estimate of drug-likeness (QED) is 0.0451. The topological polar surface area (TPSA) is 238 Å². The van der Waals surface area contributed by atoms with Gasteiger partial charge in [-0.05, 0) is 125 Å². The number of nitrogens with zero attached hydrogens (tertiary/aromatic N) is 5. The molecule has 3 aromatic carbocycles. The van der Waals surface area contributed by atoms with Gasteiger partial charge in [0.15, 0.2) is 11.6 Å². The zero-order valence-corrected chi connectivity index (χ0v) is 44.5. The number of pyridine rings is 2. The number of carbonyl (C=O) groups excluding carboxylic acids is 6. The average molecular weight is 1070 g/mol. The summed E-state index contributed by atoms with van der Waals surface area (Å²) in [5.41, 5.74) is 13.4. The van der Waals surface area contributed by atoms with Crippen LogP contribution in [-0.2, 0) is 66.2 Å². The first-order valence-corrected chi connectivity index (χ1v) is 24.2. The number of benzene rings is 3. The van der Waals surface area contributed by atoms with E-state index in [1.807, 2.05) is 60.7 Å². The van der Waals surface area contributed by atoms with E-state index in [-0.39, 0.29) is 87.2 Å². The smallest absolute Gasteiger partial charge is 0.490 e. The van der Waals surface area contributed by atoms with Crippen molar-refractivity contribution in [3.8, 4) is 45.3 Å². The van der Waals surface area contributed by atoms with E-state index in [2.05, 4.69) is 4.90 Å². The average Bonchev–Trinajstić information content (AvgIpc) is 3.34. The van der Waals surface area contributed by atoms with Crippen LogP contribution in [-0.4, -0.2) is 137 Å². The molecule has 0 saturated heterocycles. The minimum atomic E-state index is -5.08. The van der Waals surface area contributed by atoms with Crippen molar-refractivity contribution in [2.24, 2.45) is 0 Å². The molecule has 0 amide bonds. The number of anilines is 1. The van der Waals surface area contributed by atoms with Gasteiger partial charge in [-0.2, -0.15) is 13.2 Å². The summed E-state index contributed by atoms with van der Waals surface area (Å²) in [4.78, 5) is 98.0. The number of nitrogen functional groups attached to an aromatic ring is 1. The van der Waals surface area contributed by atoms with Crippen molar-refractivity contribution in [2.45, 2.75) is 80.3 Å². The highest BCUT2D eigenvalue weighted by molar-refractivity contribution is 5.82. The number of aromatic nitrogens is 2. The van der Waals surface area contributed by atoms with Crippen LogP contribution in [0, 0.1) is 0 Å². The minimum Gasteiger partial charge on any atom is -0.496 e. The van der Waals surface area contributed by atoms with Crippen LogP contribution in [0.3, 0.4) is 0 Å². The summed E-state index contributed by atoms with van der Waals surface area (Å²) in [6.45, 7) is 10.5. The molecule has 0 bridgehead atoms. The normalized spacial score (nSPS) is 11.2. The van der Waals surface area contributed by atoms with Gasteiger partial charge in [0.05, 0.1) is 63.2 Å². The lowest BCUT2D eigenvalue weighted by molar-refractivity contribution is -0.192. The maximum Gasteiger partial charge on any atom is 0.490 e. The number of carboxylic acids is 1. The van der Waals surface area contributed by atoms with E-state index >= 15 is 0 Å². The Morgan fingerprint density at radius 3 is 1.16 bits per heavy atom. The number of rotatable bonds is 29. The van der Waals surface area contributed by atoms with Crippen molar-refractivity contribution < 1.29 is 70.8 Å². The second-order valence-corrected chi connectivity index (χ2v) is 18.5. The largest absolute Gasteiger partial charge is 0.496 e. The van der Waals surface area contributed by atoms with Gasteiger partial charge < -0.3 is 29.8 Å². The summed E-state index contributed by atoms with van der Waals surface area (Å²) in [5, 5.41) is 7.12. The Balaban J connectivity index is 0.00000171. The Kier molecular flexibility index (Phi) is 23.6. The van der Waals surface area contributed by atoms with Gasteiger partial charge in [0.1, 0.15) is 59.3 Å². The second-order valence-electron chi connectivity index (χ2n) is 18.5. The number of carbonyl (C=O) groups is 7. The number of methoxy groups -OCH3 is 2. The van der Waals surface area contributed by atoms with Crippen LogP contribution in [0.4, 0.5) is 18.9 Å². The van der Waals surface area contributed by atoms with Crippen LogP contribution >= 0.6 is 0 Å². The molecule has 0 radical (unpaired) electrons. The predicted octanol–water partition coefficient (Wildman–Crippen LogP) is 7.18. The number of aliphatic carboxylic acids is 1. The molecule has 0 aliphatic rings. The van der Waals surface area contributed by atoms with Crippen LogP contribution in [0.5, 0.6) is 23.0 Å². The molecule has 3 N–H and O–H groups in total. The van der Waals surface area contributed by atoms with Crippen molar-refractivity contribution in [2.75, 3.05) is 65.9 Å². The molecular weight excluding hydrogens is 1010 g/mol. The van der Waals surface area contributed by atoms with E-state index < -0.39 is 12.1 Å². The minimum absolute atomic E-state index is 0.0552. The Labute approximate surface area is 445 Å². The number of halogens is 3. The summed E-state index contributed by atoms with van der Waals surface area (Å²) < 4.78 is 54.9. The predicted molar refractivity (Wildman–Crippen MR) is 280 cm³/mol. The lowest BCUT2D eigenvalue weighted by Gasteiger charge is -2.25. The Hall–Kier alpha value is -7.88. The van der Waals surface area contributed by atoms with Crippen LogP contribution < -0.4 is 24.7 Å². The lowest BCUT2D eigenvalue weighted by atomic mass is 10.0. The third-order valence-corrected chi connectivity index (χ3v) is 11.0. The Morgan fingerprint density at radius 1 is 0.519 bits per heavy atom. The number of carboxylic acid groups (broad SMARTS) is 1. The second kappa shape index (κ2) is 29.4. The molecule has 0 saturated carbocycles. The number of Topliss-reactive ketones (excluding diaryl/α,β-unsaturated/α-hetero) is 6. The molecule has 412 valence electrons. The highest BCUT2D eigenvalue weighted by Gasteiger charge is 2.38. The first kappa shape index (κ1) is 61.7. The molecular formula is C56H65F3N6O12. The number of hydrogen-bond donors (Lipinski definition) is 2. The lowest BCUT2D eigenvalue weighted by Crippen LogP contribution is -2.33. The molecule has 2 heterocycles. The molecule has 5 aromatic rings. The van der Waals surface area contributed by atoms with Crippen LogP contribution in [0.1, 0.15) is 69.9 Å². The monoisotopic (exact) mass is 1070 g/mol. The Morgan fingerprint density at radius 2 is 0.857 bits per heavy atom. The maximum atomic E-state index is 12.4. The highest BCUT2D eigenvalue weighted by atomic mass is 19.4. The van der Waals surface area contributed by atoms with Gasteiger partial charge in [-0.15, -0.1) is 0 Å². The molecule has 0 aliphatic carbocycles. The fraction of sp³-hybridized carbons (Fsp3) is 0.375. The molecule has 0 atom stereocenters. The van der Waals surface area contributed by atoms with E-state index in [0.717, 1.165) is 27.8 Å². The molecule has 0 aliphatic heterocycles. The number of nitrogens with two attached hydrogens (primary N) is 1. The summed E-state index contributed by atoms with van der Waals surface area (Å²) in [6, 6.07) is 26.2. The Bertz CT molecular complexity index is 2710. The van der Waals surface area contributed by atoms with E-state index in [9.17, 15) is 41.9 Å². The highest BCUT2D eigenvalue weighted by Crippen LogP contribution is 2.36. The van der Waals surface area contributed by atoms with Crippen molar-refractivity contribution in [1.29, 1.82) is 0 Å². The van der Waals surface area contributed by atoms with Gasteiger partial charge in [0.2, 0.25) is 0 Å². The molecule has 18 nitrogen and oxygen atoms in total. The van der Waals surface area contributed by atoms with Gasteiger partial charge in [-0.25, -0.2) is 4.79 Å². The molecule has 5 rings (SSSR count). The van der Waals surface area contributed by atoms with Gasteiger partial charge in [0, 0.05) is 61.7 Å². The van der Waals surface area contributed by atoms with E-state index in [0.29, 0.717) is 77.5 Å². The fourth-order valence-corrected chi connectivity index (χ4v) is 8.00. The van der Waals surface area contributed by atoms with E-state index in [1.165, 1.54) is 41.5 Å². The van der Waals surface area contributed by atoms with Crippen molar-refractivity contribution in [1.82, 2.24) is 24.7 Å². The van der Waals surface area contributed by atoms with Crippen molar-refractivity contribution >= 4 is 46.4 Å². The van der Waals surface area contributed by atoms with Crippen LogP contribution in [0.25, 0.3) is 22.3 Å². The maximum absolute atomic E-state index is 12.4. The van der Waals surface area contributed by atoms with E-state index in [4.69, 9.17) is 44.6 Å². The summed E-state index contributed by atoms with van der Waals surface area (Å²) in [6.07, 6.45) is -4.44. The standard InChI is InChI=1S/C54H64N6O10.C2HF3O2/c1-35(61)25-59(26-36(2)62)31-47-21-42(51-15-13-49(23-53(51)67-7)69-33-39(5)65)19-45(56-47)29-58(18-17-41-9-11-44(55)12-10-41)30-46-20-43(22-48(57-46)32-60(27-37(3)63)28-38(4)64)52-16-14-50(24-54(52)68-8)70-34-40(6)66;3-2(4,5)1(6)7/h9-16,19-24H,17-18,25-34,55H2,1-8H3;(H,6,7). The fourth-order valence-electron chi connectivity index (χ4n) is 8.00. The SMILES string of the molecule is COc1cc(OCC(C)=O)ccc1-c1cc(CN(CC(C)=O)CC(C)=O)nc(CN(CCc2ccc(N)cc2)Cc2cc(-c3ccc(OCC(C)=O)cc3OC)cc(CN(CC(C)=O)CC(C)=O)n2)c1.O=C(O)C(F)(F)F. The first-order chi connectivity index (χ1) is 36.3. The molecule has 21 heteroatoms. The summed E-state index contributed by atoms with van der Waals surface area (Å²) in [5.74, 6) is -1.46. The van der Waals surface area contributed by atoms with Gasteiger partial charge in [-0.1, -0.05) is 12.1 Å². The van der Waals surface area contributed by atoms with Gasteiger partial charge >= 0.3 is 12.1 Å². The number of hydrogen-bond acceptors (Lipinski definition) is 17. The molecule has 0 spiro atoms. The summed E-state index contributed by atoms with van der Waals surface area (Å²) >= 11 is 0. The summed E-state index contributed by atoms with van der Waals surface area (Å²) in [7, 11) is 3.11. The van der Waals surface area contributed by atoms with Crippen LogP contribution in [0.15, 0.2) is 84.9 Å². The zero-order chi connectivity index (χ0) is 57.0. The number of ketones is 6. The molecule has 2 aromatic heterocycles. The van der Waals surface area contributed by atoms with Crippen molar-refractivity contribution in [3.05, 3.63) is 113 Å². The van der Waals surface area contributed by atoms with Crippen molar-refractivity contribution in [3.63, 3.8) is 0 Å². The van der Waals surface area contributed by atoms with E-state index in [1.54, 1.807) is 48.3 Å². The molecule has 77 heavy (non-hydrogen) atoms. The third kappa shape index (κ3) is 21.7. The molecule has 0 fully saturated rings. The number of alkyl halides is 3. The number of ether oxygens (including phenoxy) is 4. The first-order valence-electron chi connectivity index (χ1n) is 24.2. The molecule has 0 unspecified atom stereocenters. The zero-order valence-electron chi connectivity index (χ0n) is 44.5. The van der Waals surface area contributed by atoms with Gasteiger partial charge in [-0.3, -0.25) is 53.4 Å².